The molecular formula is C33H56N2O7S. The maximum Gasteiger partial charge on any atom is 0.316 e. The molecule has 0 spiro atoms. The van der Waals surface area contributed by atoms with Crippen LogP contribution < -0.4 is 11.1 Å². The van der Waals surface area contributed by atoms with E-state index in [0.717, 1.165) is 26.2 Å². The normalized spacial score (nSPS) is 36.3. The SMILES string of the molecule is C=C[C@]1(C)C[C@@H](OC(=O)CSC(C)(C)CNC(=O)[C@H](N)C(C)C)[C@@]2(C)C3C(=O)CCC3(CC[C@H]2C)[C@@H](C)[C@@H]1O.CC(=O)O. The number of hydrogen-bond acceptors (Lipinski definition) is 8. The van der Waals surface area contributed by atoms with E-state index >= 15 is 0 Å². The monoisotopic (exact) mass is 624 g/mol. The molecule has 246 valence electrons. The molecule has 3 saturated carbocycles. The summed E-state index contributed by atoms with van der Waals surface area (Å²) in [5.41, 5.74) is 4.49. The van der Waals surface area contributed by atoms with Gasteiger partial charge in [-0.1, -0.05) is 47.6 Å². The van der Waals surface area contributed by atoms with Crippen LogP contribution in [0.5, 0.6) is 0 Å². The minimum Gasteiger partial charge on any atom is -0.481 e. The molecule has 9 atom stereocenters. The van der Waals surface area contributed by atoms with Crippen molar-refractivity contribution in [2.75, 3.05) is 12.3 Å². The fourth-order valence-corrected chi connectivity index (χ4v) is 8.47. The molecule has 0 saturated heterocycles. The number of aliphatic hydroxyl groups is 1. The molecule has 0 aromatic carbocycles. The van der Waals surface area contributed by atoms with Crippen molar-refractivity contribution in [1.82, 2.24) is 5.32 Å². The number of carboxylic acids is 1. The summed E-state index contributed by atoms with van der Waals surface area (Å²) in [6, 6.07) is -0.573. The zero-order valence-corrected chi connectivity index (χ0v) is 28.5. The number of esters is 1. The lowest BCUT2D eigenvalue weighted by molar-refractivity contribution is -0.205. The number of carbonyl (C=O) groups is 4. The van der Waals surface area contributed by atoms with E-state index < -0.39 is 39.8 Å². The number of aliphatic hydroxyl groups excluding tert-OH is 1. The number of hydrogen-bond donors (Lipinski definition) is 4. The highest BCUT2D eigenvalue weighted by Crippen LogP contribution is 2.68. The number of ether oxygens (including phenoxy) is 1. The van der Waals surface area contributed by atoms with Crippen LogP contribution in [0.15, 0.2) is 12.7 Å². The number of nitrogens with two attached hydrogens (primary N) is 1. The van der Waals surface area contributed by atoms with E-state index in [9.17, 15) is 19.5 Å². The molecule has 3 rings (SSSR count). The van der Waals surface area contributed by atoms with Crippen LogP contribution in [0.1, 0.15) is 94.4 Å². The lowest BCUT2D eigenvalue weighted by atomic mass is 9.44. The van der Waals surface area contributed by atoms with Crippen LogP contribution in [0.3, 0.4) is 0 Å². The third kappa shape index (κ3) is 7.85. The van der Waals surface area contributed by atoms with E-state index in [1.807, 2.05) is 40.7 Å². The summed E-state index contributed by atoms with van der Waals surface area (Å²) in [5, 5.41) is 22.0. The van der Waals surface area contributed by atoms with Crippen LogP contribution in [-0.4, -0.2) is 69.1 Å². The molecule has 0 radical (unpaired) electrons. The number of rotatable bonds is 9. The first-order valence-electron chi connectivity index (χ1n) is 15.6. The number of amides is 1. The van der Waals surface area contributed by atoms with Gasteiger partial charge in [-0.05, 0) is 62.7 Å². The van der Waals surface area contributed by atoms with E-state index in [-0.39, 0.29) is 52.5 Å². The fraction of sp³-hybridized carbons (Fsp3) is 0.818. The first kappa shape index (κ1) is 37.3. The Labute approximate surface area is 262 Å². The van der Waals surface area contributed by atoms with Crippen LogP contribution in [0, 0.1) is 39.9 Å². The van der Waals surface area contributed by atoms with E-state index in [0.29, 0.717) is 19.4 Å². The van der Waals surface area contributed by atoms with Crippen molar-refractivity contribution in [1.29, 1.82) is 0 Å². The minimum absolute atomic E-state index is 0.0382. The van der Waals surface area contributed by atoms with Gasteiger partial charge in [-0.25, -0.2) is 0 Å². The summed E-state index contributed by atoms with van der Waals surface area (Å²) >= 11 is 1.43. The molecule has 0 aromatic heterocycles. The van der Waals surface area contributed by atoms with Crippen molar-refractivity contribution >= 4 is 35.4 Å². The molecule has 3 aliphatic rings. The topological polar surface area (TPSA) is 156 Å². The number of ketones is 1. The molecule has 3 fully saturated rings. The Morgan fingerprint density at radius 3 is 2.35 bits per heavy atom. The number of thioether (sulfide) groups is 1. The van der Waals surface area contributed by atoms with Gasteiger partial charge in [0.1, 0.15) is 11.9 Å². The van der Waals surface area contributed by atoms with Crippen LogP contribution in [0.2, 0.25) is 0 Å². The van der Waals surface area contributed by atoms with Gasteiger partial charge in [-0.2, -0.15) is 0 Å². The molecule has 0 aliphatic heterocycles. The third-order valence-corrected chi connectivity index (χ3v) is 12.2. The fourth-order valence-electron chi connectivity index (χ4n) is 7.72. The van der Waals surface area contributed by atoms with Gasteiger partial charge in [0.2, 0.25) is 5.91 Å². The third-order valence-electron chi connectivity index (χ3n) is 10.9. The van der Waals surface area contributed by atoms with Crippen molar-refractivity contribution in [2.24, 2.45) is 45.7 Å². The first-order chi connectivity index (χ1) is 19.7. The second-order valence-corrected chi connectivity index (χ2v) is 16.3. The van der Waals surface area contributed by atoms with E-state index in [4.69, 9.17) is 20.4 Å². The van der Waals surface area contributed by atoms with Crippen molar-refractivity contribution in [3.8, 4) is 0 Å². The summed E-state index contributed by atoms with van der Waals surface area (Å²) in [4.78, 5) is 48.2. The standard InChI is InChI=1S/C31H52N2O5S.C2H4O2/c1-10-29(8)15-22(38-23(35)16-39-28(6,7)17-33-27(37)24(32)18(2)3)30(9)19(4)11-13-31(20(5)26(29)36)14-12-21(34)25(30)31;1-2(3)4/h10,18-20,22,24-26,36H,1,11-17,32H2,2-9H3,(H,33,37);1H3,(H,3,4)/t19-,20+,22-,24-,25?,26+,29-,30+,31?;/m1./s1. The van der Waals surface area contributed by atoms with Gasteiger partial charge >= 0.3 is 5.97 Å². The number of carboxylic acid groups (broad SMARTS) is 1. The molecular weight excluding hydrogens is 568 g/mol. The lowest BCUT2D eigenvalue weighted by Gasteiger charge is -2.61. The molecule has 3 aliphatic carbocycles. The number of aliphatic carboxylic acids is 1. The molecule has 9 nitrogen and oxygen atoms in total. The Bertz CT molecular complexity index is 1060. The Balaban J connectivity index is 0.00000151. The molecule has 0 heterocycles. The number of nitrogens with one attached hydrogen (secondary N) is 1. The van der Waals surface area contributed by atoms with Crippen LogP contribution in [-0.2, 0) is 23.9 Å². The first-order valence-corrected chi connectivity index (χ1v) is 16.6. The number of carbonyl (C=O) groups excluding carboxylic acids is 3. The second kappa shape index (κ2) is 14.0. The van der Waals surface area contributed by atoms with E-state index in [1.54, 1.807) is 0 Å². The summed E-state index contributed by atoms with van der Waals surface area (Å²) in [6.07, 6.45) is 4.17. The van der Waals surface area contributed by atoms with Gasteiger partial charge in [0.15, 0.2) is 0 Å². The van der Waals surface area contributed by atoms with Gasteiger partial charge in [-0.3, -0.25) is 19.2 Å². The zero-order valence-electron chi connectivity index (χ0n) is 27.7. The molecule has 0 aromatic rings. The van der Waals surface area contributed by atoms with E-state index in [1.165, 1.54) is 11.8 Å². The van der Waals surface area contributed by atoms with Crippen molar-refractivity contribution < 1.29 is 34.1 Å². The molecule has 43 heavy (non-hydrogen) atoms. The Morgan fingerprint density at radius 1 is 1.23 bits per heavy atom. The molecule has 2 bridgehead atoms. The van der Waals surface area contributed by atoms with Crippen molar-refractivity contribution in [2.45, 2.75) is 117 Å². The molecule has 1 amide bonds. The second-order valence-electron chi connectivity index (χ2n) is 14.6. The van der Waals surface area contributed by atoms with Gasteiger partial charge in [0.05, 0.1) is 17.9 Å². The predicted molar refractivity (Wildman–Crippen MR) is 170 cm³/mol. The Kier molecular flexibility index (Phi) is 12.2. The summed E-state index contributed by atoms with van der Waals surface area (Å²) in [7, 11) is 0. The average molecular weight is 625 g/mol. The van der Waals surface area contributed by atoms with Gasteiger partial charge in [0.25, 0.3) is 5.97 Å². The Morgan fingerprint density at radius 2 is 1.81 bits per heavy atom. The van der Waals surface area contributed by atoms with Crippen molar-refractivity contribution in [3.63, 3.8) is 0 Å². The summed E-state index contributed by atoms with van der Waals surface area (Å²) in [5.74, 6) is -1.08. The highest BCUT2D eigenvalue weighted by atomic mass is 32.2. The number of Topliss-reactive ketones (excluding diaryl/α,β-unsaturated/α-hetero) is 1. The molecule has 5 N–H and O–H groups in total. The Hall–Kier alpha value is -1.91. The van der Waals surface area contributed by atoms with Crippen LogP contribution in [0.4, 0.5) is 0 Å². The van der Waals surface area contributed by atoms with Gasteiger partial charge in [0, 0.05) is 41.4 Å². The maximum absolute atomic E-state index is 13.5. The summed E-state index contributed by atoms with van der Waals surface area (Å²) in [6.45, 7) is 21.7. The average Bonchev–Trinajstić information content (AvgIpc) is 3.28. The smallest absolute Gasteiger partial charge is 0.316 e. The van der Waals surface area contributed by atoms with Crippen LogP contribution in [0.25, 0.3) is 0 Å². The zero-order chi connectivity index (χ0) is 33.1. The lowest BCUT2D eigenvalue weighted by Crippen LogP contribution is -2.63. The minimum atomic E-state index is -0.833. The van der Waals surface area contributed by atoms with Gasteiger partial charge < -0.3 is 26.0 Å². The maximum atomic E-state index is 13.5. The highest BCUT2D eigenvalue weighted by molar-refractivity contribution is 8.01. The summed E-state index contributed by atoms with van der Waals surface area (Å²) < 4.78 is 5.92. The largest absolute Gasteiger partial charge is 0.481 e. The molecule has 10 heteroatoms. The van der Waals surface area contributed by atoms with Crippen molar-refractivity contribution in [3.05, 3.63) is 12.7 Å². The quantitative estimate of drug-likeness (QED) is 0.213. The highest BCUT2D eigenvalue weighted by Gasteiger charge is 2.68. The van der Waals surface area contributed by atoms with Crippen LogP contribution >= 0.6 is 11.8 Å². The van der Waals surface area contributed by atoms with E-state index in [2.05, 4.69) is 32.7 Å². The molecule has 2 unspecified atom stereocenters. The van der Waals surface area contributed by atoms with Gasteiger partial charge in [-0.15, -0.1) is 18.3 Å². The predicted octanol–water partition coefficient (Wildman–Crippen LogP) is 4.60.